The summed E-state index contributed by atoms with van der Waals surface area (Å²) in [5.41, 5.74) is 0. The summed E-state index contributed by atoms with van der Waals surface area (Å²) in [5.74, 6) is 1.19. The molecule has 0 bridgehead atoms. The molecule has 0 fully saturated rings. The normalized spacial score (nSPS) is 17.2. The van der Waals surface area contributed by atoms with E-state index >= 15 is 0 Å². The molecule has 0 nitrogen and oxygen atoms in total. The quantitative estimate of drug-likeness (QED) is 0.571. The van der Waals surface area contributed by atoms with E-state index in [2.05, 4.69) is 51.3 Å². The van der Waals surface area contributed by atoms with Crippen LogP contribution in [0.4, 0.5) is 0 Å². The lowest BCUT2D eigenvalue weighted by Gasteiger charge is -2.13. The lowest BCUT2D eigenvalue weighted by atomic mass is 9.92. The molecule has 0 saturated heterocycles. The van der Waals surface area contributed by atoms with Crippen molar-refractivity contribution in [1.82, 2.24) is 0 Å². The third-order valence-electron chi connectivity index (χ3n) is 2.70. The van der Waals surface area contributed by atoms with Crippen molar-refractivity contribution in [2.75, 3.05) is 0 Å². The highest BCUT2D eigenvalue weighted by atomic mass is 14.1. The standard InChI is InChI=1S/C9H16.C6H8/c1-5-8(4)9(6-2)7-3;1-2-4-6-5-3-1/h5-6,8-9H,1-2,7H2,3-4H3;1-4H,5-6H2. The summed E-state index contributed by atoms with van der Waals surface area (Å²) in [6.07, 6.45) is 16.2. The minimum atomic E-state index is 0.576. The maximum absolute atomic E-state index is 3.75. The Morgan fingerprint density at radius 1 is 1.13 bits per heavy atom. The fourth-order valence-corrected chi connectivity index (χ4v) is 1.47. The van der Waals surface area contributed by atoms with Crippen molar-refractivity contribution in [3.05, 3.63) is 49.6 Å². The minimum absolute atomic E-state index is 0.576. The van der Waals surface area contributed by atoms with Crippen LogP contribution in [0.2, 0.25) is 0 Å². The van der Waals surface area contributed by atoms with Crippen molar-refractivity contribution >= 4 is 0 Å². The van der Waals surface area contributed by atoms with Gasteiger partial charge in [0.1, 0.15) is 0 Å². The SMILES string of the molecule is C1=CCCC=C1.C=CC(C)C(C=C)CC. The van der Waals surface area contributed by atoms with Gasteiger partial charge in [-0.3, -0.25) is 0 Å². The fourth-order valence-electron chi connectivity index (χ4n) is 1.47. The van der Waals surface area contributed by atoms with E-state index in [4.69, 9.17) is 0 Å². The van der Waals surface area contributed by atoms with Crippen molar-refractivity contribution in [2.24, 2.45) is 11.8 Å². The molecule has 0 aromatic rings. The highest BCUT2D eigenvalue weighted by Gasteiger charge is 2.06. The molecule has 0 aromatic carbocycles. The molecule has 1 aliphatic carbocycles. The van der Waals surface area contributed by atoms with Crippen LogP contribution in [-0.4, -0.2) is 0 Å². The summed E-state index contributed by atoms with van der Waals surface area (Å²) in [6, 6.07) is 0. The van der Waals surface area contributed by atoms with Crippen LogP contribution in [0.1, 0.15) is 33.1 Å². The topological polar surface area (TPSA) is 0 Å². The van der Waals surface area contributed by atoms with Gasteiger partial charge in [0.05, 0.1) is 0 Å². The molecule has 0 spiro atoms. The lowest BCUT2D eigenvalue weighted by Crippen LogP contribution is -2.03. The first-order chi connectivity index (χ1) is 7.26. The van der Waals surface area contributed by atoms with Crippen LogP contribution >= 0.6 is 0 Å². The van der Waals surface area contributed by atoms with E-state index in [-0.39, 0.29) is 0 Å². The highest BCUT2D eigenvalue weighted by molar-refractivity contribution is 5.07. The Bertz CT molecular complexity index is 208. The predicted molar refractivity (Wildman–Crippen MR) is 70.9 cm³/mol. The first-order valence-corrected chi connectivity index (χ1v) is 5.83. The Labute approximate surface area is 95.1 Å². The van der Waals surface area contributed by atoms with Crippen molar-refractivity contribution in [1.29, 1.82) is 0 Å². The predicted octanol–water partition coefficient (Wildman–Crippen LogP) is 4.91. The summed E-state index contributed by atoms with van der Waals surface area (Å²) < 4.78 is 0. The number of hydrogen-bond donors (Lipinski definition) is 0. The van der Waals surface area contributed by atoms with Crippen molar-refractivity contribution in [2.45, 2.75) is 33.1 Å². The van der Waals surface area contributed by atoms with Gasteiger partial charge in [-0.1, -0.05) is 50.3 Å². The Kier molecular flexibility index (Phi) is 8.85. The van der Waals surface area contributed by atoms with Gasteiger partial charge in [-0.2, -0.15) is 0 Å². The monoisotopic (exact) mass is 204 g/mol. The molecule has 1 rings (SSSR count). The molecule has 0 amide bonds. The van der Waals surface area contributed by atoms with Crippen molar-refractivity contribution in [3.63, 3.8) is 0 Å². The average molecular weight is 204 g/mol. The van der Waals surface area contributed by atoms with Crippen LogP contribution in [0.5, 0.6) is 0 Å². The molecule has 0 saturated carbocycles. The van der Waals surface area contributed by atoms with Crippen LogP contribution < -0.4 is 0 Å². The first-order valence-electron chi connectivity index (χ1n) is 5.83. The summed E-state index contributed by atoms with van der Waals surface area (Å²) in [5, 5.41) is 0. The van der Waals surface area contributed by atoms with Crippen molar-refractivity contribution < 1.29 is 0 Å². The van der Waals surface area contributed by atoms with Gasteiger partial charge in [0.25, 0.3) is 0 Å². The zero-order valence-corrected chi connectivity index (χ0v) is 10.2. The van der Waals surface area contributed by atoms with Crippen molar-refractivity contribution in [3.8, 4) is 0 Å². The average Bonchev–Trinajstić information content (AvgIpc) is 2.33. The van der Waals surface area contributed by atoms with E-state index in [9.17, 15) is 0 Å². The van der Waals surface area contributed by atoms with Crippen LogP contribution in [-0.2, 0) is 0 Å². The van der Waals surface area contributed by atoms with E-state index in [1.54, 1.807) is 0 Å². The third kappa shape index (κ3) is 6.96. The molecule has 0 heteroatoms. The molecule has 0 N–H and O–H groups in total. The number of rotatable bonds is 4. The first kappa shape index (κ1) is 14.0. The molecule has 0 aromatic heterocycles. The van der Waals surface area contributed by atoms with Gasteiger partial charge in [0.15, 0.2) is 0 Å². The fraction of sp³-hybridized carbons (Fsp3) is 0.467. The maximum Gasteiger partial charge on any atom is -0.0179 e. The highest BCUT2D eigenvalue weighted by Crippen LogP contribution is 2.16. The van der Waals surface area contributed by atoms with Crippen LogP contribution in [0.15, 0.2) is 49.6 Å². The molecular formula is C15H24. The van der Waals surface area contributed by atoms with Gasteiger partial charge in [-0.05, 0) is 31.1 Å². The van der Waals surface area contributed by atoms with Crippen LogP contribution in [0.3, 0.4) is 0 Å². The zero-order valence-electron chi connectivity index (χ0n) is 10.2. The summed E-state index contributed by atoms with van der Waals surface area (Å²) >= 11 is 0. The number of hydrogen-bond acceptors (Lipinski definition) is 0. The number of allylic oxidation sites excluding steroid dienone is 6. The van der Waals surface area contributed by atoms with Gasteiger partial charge in [0.2, 0.25) is 0 Å². The summed E-state index contributed by atoms with van der Waals surface area (Å²) in [6.45, 7) is 11.8. The Hall–Kier alpha value is -1.04. The van der Waals surface area contributed by atoms with Gasteiger partial charge in [-0.15, -0.1) is 13.2 Å². The van der Waals surface area contributed by atoms with Gasteiger partial charge >= 0.3 is 0 Å². The van der Waals surface area contributed by atoms with Gasteiger partial charge in [0, 0.05) is 0 Å². The van der Waals surface area contributed by atoms with Gasteiger partial charge < -0.3 is 0 Å². The summed E-state index contributed by atoms with van der Waals surface area (Å²) in [4.78, 5) is 0. The molecule has 0 radical (unpaired) electrons. The van der Waals surface area contributed by atoms with E-state index in [1.165, 1.54) is 12.8 Å². The van der Waals surface area contributed by atoms with E-state index in [0.717, 1.165) is 6.42 Å². The van der Waals surface area contributed by atoms with Gasteiger partial charge in [-0.25, -0.2) is 0 Å². The molecular weight excluding hydrogens is 180 g/mol. The summed E-state index contributed by atoms with van der Waals surface area (Å²) in [7, 11) is 0. The lowest BCUT2D eigenvalue weighted by molar-refractivity contribution is 0.499. The molecule has 0 aliphatic heterocycles. The van der Waals surface area contributed by atoms with E-state index in [0.29, 0.717) is 11.8 Å². The molecule has 1 aliphatic rings. The van der Waals surface area contributed by atoms with Crippen LogP contribution in [0.25, 0.3) is 0 Å². The van der Waals surface area contributed by atoms with Crippen LogP contribution in [0, 0.1) is 11.8 Å². The Morgan fingerprint density at radius 3 is 1.80 bits per heavy atom. The molecule has 2 atom stereocenters. The molecule has 15 heavy (non-hydrogen) atoms. The Balaban J connectivity index is 0.000000280. The molecule has 84 valence electrons. The second-order valence-corrected chi connectivity index (χ2v) is 3.84. The third-order valence-corrected chi connectivity index (χ3v) is 2.70. The smallest absolute Gasteiger partial charge is 0.0179 e. The molecule has 2 unspecified atom stereocenters. The second kappa shape index (κ2) is 9.51. The second-order valence-electron chi connectivity index (χ2n) is 3.84. The largest absolute Gasteiger partial charge is 0.103 e. The van der Waals surface area contributed by atoms with E-state index in [1.807, 2.05) is 12.2 Å². The zero-order chi connectivity index (χ0) is 11.5. The van der Waals surface area contributed by atoms with E-state index < -0.39 is 0 Å². The molecule has 0 heterocycles. The Morgan fingerprint density at radius 2 is 1.67 bits per heavy atom. The minimum Gasteiger partial charge on any atom is -0.103 e. The maximum atomic E-state index is 3.75.